The van der Waals surface area contributed by atoms with E-state index >= 15 is 0 Å². The maximum atomic E-state index is 12.0. The lowest BCUT2D eigenvalue weighted by Crippen LogP contribution is -2.23. The van der Waals surface area contributed by atoms with Crippen LogP contribution < -0.4 is 10.5 Å². The third-order valence-corrected chi connectivity index (χ3v) is 4.14. The second kappa shape index (κ2) is 4.35. The Bertz CT molecular complexity index is 651. The highest BCUT2D eigenvalue weighted by atomic mass is 32.2. The van der Waals surface area contributed by atoms with Crippen molar-refractivity contribution in [2.45, 2.75) is 11.8 Å². The molecule has 0 bridgehead atoms. The number of hydrogen-bond acceptors (Lipinski definition) is 3. The van der Waals surface area contributed by atoms with Crippen LogP contribution in [0.15, 0.2) is 41.3 Å². The maximum absolute atomic E-state index is 12.0. The minimum atomic E-state index is -3.46. The quantitative estimate of drug-likeness (QED) is 0.815. The molecular formula is C12H14N2O2S. The van der Waals surface area contributed by atoms with Gasteiger partial charge in [-0.15, -0.1) is 0 Å². The third kappa shape index (κ3) is 2.11. The molecule has 2 aromatic carbocycles. The largest absolute Gasteiger partial charge is 0.398 e. The summed E-state index contributed by atoms with van der Waals surface area (Å²) in [5.74, 6) is 0. The SMILES string of the molecule is CCNS(=O)(=O)c1cccc2c(N)cccc12. The number of nitrogens with one attached hydrogen (secondary N) is 1. The van der Waals surface area contributed by atoms with Crippen LogP contribution in [-0.4, -0.2) is 15.0 Å². The molecule has 4 nitrogen and oxygen atoms in total. The van der Waals surface area contributed by atoms with Gasteiger partial charge in [-0.3, -0.25) is 0 Å². The lowest BCUT2D eigenvalue weighted by atomic mass is 10.1. The van der Waals surface area contributed by atoms with Crippen LogP contribution in [0.25, 0.3) is 10.8 Å². The Morgan fingerprint density at radius 1 is 1.12 bits per heavy atom. The minimum Gasteiger partial charge on any atom is -0.398 e. The number of benzene rings is 2. The van der Waals surface area contributed by atoms with Crippen LogP contribution in [0.4, 0.5) is 5.69 Å². The van der Waals surface area contributed by atoms with E-state index in [0.29, 0.717) is 17.6 Å². The first-order valence-corrected chi connectivity index (χ1v) is 6.81. The van der Waals surface area contributed by atoms with Gasteiger partial charge in [0.15, 0.2) is 0 Å². The zero-order valence-electron chi connectivity index (χ0n) is 9.47. The predicted molar refractivity (Wildman–Crippen MR) is 69.2 cm³/mol. The molecule has 17 heavy (non-hydrogen) atoms. The Hall–Kier alpha value is -1.59. The normalized spacial score (nSPS) is 11.8. The molecular weight excluding hydrogens is 236 g/mol. The fraction of sp³-hybridized carbons (Fsp3) is 0.167. The lowest BCUT2D eigenvalue weighted by molar-refractivity contribution is 0.585. The van der Waals surface area contributed by atoms with E-state index in [2.05, 4.69) is 4.72 Å². The Labute approximate surface area is 100 Å². The highest BCUT2D eigenvalue weighted by Crippen LogP contribution is 2.26. The Morgan fingerprint density at radius 3 is 2.47 bits per heavy atom. The van der Waals surface area contributed by atoms with Crippen LogP contribution in [0, 0.1) is 0 Å². The molecule has 0 aliphatic carbocycles. The first-order valence-electron chi connectivity index (χ1n) is 5.33. The number of nitrogens with two attached hydrogens (primary N) is 1. The molecule has 0 atom stereocenters. The Morgan fingerprint density at radius 2 is 1.76 bits per heavy atom. The van der Waals surface area contributed by atoms with E-state index in [1.165, 1.54) is 0 Å². The number of nitrogen functional groups attached to an aromatic ring is 1. The first kappa shape index (κ1) is 11.9. The summed E-state index contributed by atoms with van der Waals surface area (Å²) in [6.07, 6.45) is 0. The van der Waals surface area contributed by atoms with Gasteiger partial charge >= 0.3 is 0 Å². The molecule has 0 saturated heterocycles. The molecule has 0 aliphatic heterocycles. The summed E-state index contributed by atoms with van der Waals surface area (Å²) in [6.45, 7) is 2.11. The Balaban J connectivity index is 2.76. The molecule has 0 aliphatic rings. The van der Waals surface area contributed by atoms with Crippen LogP contribution in [0.1, 0.15) is 6.92 Å². The van der Waals surface area contributed by atoms with Gasteiger partial charge < -0.3 is 5.73 Å². The van der Waals surface area contributed by atoms with Gasteiger partial charge in [-0.1, -0.05) is 31.2 Å². The topological polar surface area (TPSA) is 72.2 Å². The number of hydrogen-bond donors (Lipinski definition) is 2. The van der Waals surface area contributed by atoms with Crippen molar-refractivity contribution in [2.24, 2.45) is 0 Å². The Kier molecular flexibility index (Phi) is 3.04. The van der Waals surface area contributed by atoms with Crippen molar-refractivity contribution in [1.29, 1.82) is 0 Å². The van der Waals surface area contributed by atoms with E-state index in [0.717, 1.165) is 5.39 Å². The molecule has 0 aromatic heterocycles. The highest BCUT2D eigenvalue weighted by molar-refractivity contribution is 7.89. The second-order valence-electron chi connectivity index (χ2n) is 3.70. The van der Waals surface area contributed by atoms with E-state index in [4.69, 9.17) is 5.73 Å². The fourth-order valence-corrected chi connectivity index (χ4v) is 3.07. The molecule has 0 amide bonds. The fourth-order valence-electron chi connectivity index (χ4n) is 1.81. The molecule has 0 heterocycles. The van der Waals surface area contributed by atoms with Gasteiger partial charge in [0, 0.05) is 23.0 Å². The van der Waals surface area contributed by atoms with Crippen molar-refractivity contribution in [3.63, 3.8) is 0 Å². The summed E-state index contributed by atoms with van der Waals surface area (Å²) in [4.78, 5) is 0.268. The van der Waals surface area contributed by atoms with Gasteiger partial charge in [0.25, 0.3) is 0 Å². The average molecular weight is 250 g/mol. The molecule has 3 N–H and O–H groups in total. The van der Waals surface area contributed by atoms with Gasteiger partial charge in [0.1, 0.15) is 0 Å². The van der Waals surface area contributed by atoms with Crippen molar-refractivity contribution in [1.82, 2.24) is 4.72 Å². The van der Waals surface area contributed by atoms with Crippen molar-refractivity contribution < 1.29 is 8.42 Å². The lowest BCUT2D eigenvalue weighted by Gasteiger charge is -2.09. The molecule has 0 radical (unpaired) electrons. The molecule has 0 unspecified atom stereocenters. The summed E-state index contributed by atoms with van der Waals surface area (Å²) < 4.78 is 26.5. The predicted octanol–water partition coefficient (Wildman–Crippen LogP) is 1.72. The molecule has 0 saturated carbocycles. The van der Waals surface area contributed by atoms with E-state index < -0.39 is 10.0 Å². The summed E-state index contributed by atoms with van der Waals surface area (Å²) in [5.41, 5.74) is 6.41. The summed E-state index contributed by atoms with van der Waals surface area (Å²) >= 11 is 0. The summed E-state index contributed by atoms with van der Waals surface area (Å²) in [5, 5.41) is 1.40. The molecule has 90 valence electrons. The average Bonchev–Trinajstić information content (AvgIpc) is 2.29. The monoisotopic (exact) mass is 250 g/mol. The van der Waals surface area contributed by atoms with Crippen LogP contribution in [0.5, 0.6) is 0 Å². The van der Waals surface area contributed by atoms with Crippen LogP contribution in [0.2, 0.25) is 0 Å². The van der Waals surface area contributed by atoms with Crippen molar-refractivity contribution in [3.8, 4) is 0 Å². The van der Waals surface area contributed by atoms with Crippen LogP contribution in [0.3, 0.4) is 0 Å². The van der Waals surface area contributed by atoms with E-state index in [1.54, 1.807) is 37.3 Å². The van der Waals surface area contributed by atoms with E-state index in [9.17, 15) is 8.42 Å². The molecule has 0 spiro atoms. The second-order valence-corrected chi connectivity index (χ2v) is 5.44. The van der Waals surface area contributed by atoms with Gasteiger partial charge in [-0.25, -0.2) is 13.1 Å². The molecule has 5 heteroatoms. The van der Waals surface area contributed by atoms with Gasteiger partial charge in [-0.05, 0) is 12.1 Å². The highest BCUT2D eigenvalue weighted by Gasteiger charge is 2.16. The molecule has 2 aromatic rings. The standard InChI is InChI=1S/C12H14N2O2S/c1-2-14-17(15,16)12-8-4-5-9-10(12)6-3-7-11(9)13/h3-8,14H,2,13H2,1H3. The summed E-state index contributed by atoms with van der Waals surface area (Å²) in [7, 11) is -3.46. The van der Waals surface area contributed by atoms with Gasteiger partial charge in [0.05, 0.1) is 4.90 Å². The minimum absolute atomic E-state index is 0.268. The van der Waals surface area contributed by atoms with Crippen molar-refractivity contribution >= 4 is 26.5 Å². The molecule has 0 fully saturated rings. The van der Waals surface area contributed by atoms with Gasteiger partial charge in [-0.2, -0.15) is 0 Å². The van der Waals surface area contributed by atoms with E-state index in [1.807, 2.05) is 6.07 Å². The number of anilines is 1. The third-order valence-electron chi connectivity index (χ3n) is 2.54. The smallest absolute Gasteiger partial charge is 0.241 e. The maximum Gasteiger partial charge on any atom is 0.241 e. The summed E-state index contributed by atoms with van der Waals surface area (Å²) in [6, 6.07) is 10.4. The number of sulfonamides is 1. The number of rotatable bonds is 3. The number of fused-ring (bicyclic) bond motifs is 1. The first-order chi connectivity index (χ1) is 8.06. The van der Waals surface area contributed by atoms with Crippen LogP contribution >= 0.6 is 0 Å². The van der Waals surface area contributed by atoms with E-state index in [-0.39, 0.29) is 4.90 Å². The van der Waals surface area contributed by atoms with Gasteiger partial charge in [0.2, 0.25) is 10.0 Å². The molecule has 2 rings (SSSR count). The zero-order valence-corrected chi connectivity index (χ0v) is 10.3. The van der Waals surface area contributed by atoms with Crippen LogP contribution in [-0.2, 0) is 10.0 Å². The van der Waals surface area contributed by atoms with Crippen molar-refractivity contribution in [2.75, 3.05) is 12.3 Å². The zero-order chi connectivity index (χ0) is 12.5. The van der Waals surface area contributed by atoms with Crippen molar-refractivity contribution in [3.05, 3.63) is 36.4 Å².